The van der Waals surface area contributed by atoms with E-state index in [2.05, 4.69) is 5.92 Å². The largest absolute Gasteiger partial charge is 0.444 e. The fourth-order valence-electron chi connectivity index (χ4n) is 2.32. The number of rotatable bonds is 3. The maximum absolute atomic E-state index is 12.2. The SMILES string of the molecule is C#CCCN(C(=O)OC(C)(C)C)C1CCCCC1. The number of carbonyl (C=O) groups excluding carboxylic acids is 1. The van der Waals surface area contributed by atoms with E-state index in [1.807, 2.05) is 25.7 Å². The minimum Gasteiger partial charge on any atom is -0.444 e. The molecule has 0 aromatic rings. The summed E-state index contributed by atoms with van der Waals surface area (Å²) in [4.78, 5) is 14.0. The van der Waals surface area contributed by atoms with Crippen molar-refractivity contribution < 1.29 is 9.53 Å². The van der Waals surface area contributed by atoms with Crippen LogP contribution in [0.3, 0.4) is 0 Å². The van der Waals surface area contributed by atoms with Crippen molar-refractivity contribution >= 4 is 6.09 Å². The number of ether oxygens (including phenoxy) is 1. The van der Waals surface area contributed by atoms with Gasteiger partial charge in [-0.2, -0.15) is 0 Å². The molecule has 18 heavy (non-hydrogen) atoms. The summed E-state index contributed by atoms with van der Waals surface area (Å²) in [5.41, 5.74) is -0.444. The van der Waals surface area contributed by atoms with Crippen LogP contribution in [0.25, 0.3) is 0 Å². The Morgan fingerprint density at radius 2 is 1.94 bits per heavy atom. The first kappa shape index (κ1) is 14.9. The van der Waals surface area contributed by atoms with Gasteiger partial charge in [-0.25, -0.2) is 4.79 Å². The number of hydrogen-bond donors (Lipinski definition) is 0. The summed E-state index contributed by atoms with van der Waals surface area (Å²) in [5.74, 6) is 2.61. The summed E-state index contributed by atoms with van der Waals surface area (Å²) >= 11 is 0. The highest BCUT2D eigenvalue weighted by Gasteiger charge is 2.28. The van der Waals surface area contributed by atoms with Crippen molar-refractivity contribution in [2.75, 3.05) is 6.54 Å². The van der Waals surface area contributed by atoms with E-state index >= 15 is 0 Å². The number of carbonyl (C=O) groups is 1. The van der Waals surface area contributed by atoms with E-state index in [4.69, 9.17) is 11.2 Å². The molecule has 0 spiro atoms. The Hall–Kier alpha value is -1.17. The molecular formula is C15H25NO2. The zero-order chi connectivity index (χ0) is 13.6. The molecule has 0 N–H and O–H groups in total. The standard InChI is InChI=1S/C15H25NO2/c1-5-6-12-16(13-10-8-7-9-11-13)14(17)18-15(2,3)4/h1,13H,6-12H2,2-4H3. The quantitative estimate of drug-likeness (QED) is 0.717. The first-order valence-corrected chi connectivity index (χ1v) is 6.87. The third-order valence-corrected chi connectivity index (χ3v) is 3.14. The molecule has 0 aromatic heterocycles. The Bertz CT molecular complexity index is 305. The maximum Gasteiger partial charge on any atom is 0.410 e. The topological polar surface area (TPSA) is 29.5 Å². The van der Waals surface area contributed by atoms with Gasteiger partial charge in [0.15, 0.2) is 0 Å². The number of hydrogen-bond acceptors (Lipinski definition) is 2. The molecule has 0 unspecified atom stereocenters. The second-order valence-electron chi connectivity index (χ2n) is 5.92. The maximum atomic E-state index is 12.2. The molecule has 1 saturated carbocycles. The van der Waals surface area contributed by atoms with Crippen LogP contribution in [-0.2, 0) is 4.74 Å². The Labute approximate surface area is 111 Å². The summed E-state index contributed by atoms with van der Waals surface area (Å²) in [6.07, 6.45) is 11.5. The van der Waals surface area contributed by atoms with E-state index in [0.717, 1.165) is 12.8 Å². The number of amides is 1. The van der Waals surface area contributed by atoms with Crippen LogP contribution in [0.2, 0.25) is 0 Å². The van der Waals surface area contributed by atoms with E-state index in [-0.39, 0.29) is 6.09 Å². The van der Waals surface area contributed by atoms with E-state index in [1.165, 1.54) is 19.3 Å². The van der Waals surface area contributed by atoms with Crippen molar-refractivity contribution in [1.82, 2.24) is 4.90 Å². The van der Waals surface area contributed by atoms with Gasteiger partial charge in [0.05, 0.1) is 0 Å². The van der Waals surface area contributed by atoms with Crippen LogP contribution < -0.4 is 0 Å². The zero-order valence-electron chi connectivity index (χ0n) is 11.9. The van der Waals surface area contributed by atoms with Gasteiger partial charge >= 0.3 is 6.09 Å². The van der Waals surface area contributed by atoms with Crippen LogP contribution in [0.5, 0.6) is 0 Å². The van der Waals surface area contributed by atoms with Gasteiger partial charge in [-0.15, -0.1) is 12.3 Å². The second kappa shape index (κ2) is 6.68. The molecule has 0 saturated heterocycles. The smallest absolute Gasteiger partial charge is 0.410 e. The molecule has 1 fully saturated rings. The molecule has 102 valence electrons. The van der Waals surface area contributed by atoms with E-state index < -0.39 is 5.60 Å². The molecule has 0 aliphatic heterocycles. The Balaban J connectivity index is 2.64. The van der Waals surface area contributed by atoms with Crippen LogP contribution in [0, 0.1) is 12.3 Å². The molecule has 1 rings (SSSR count). The summed E-state index contributed by atoms with van der Waals surface area (Å²) in [5, 5.41) is 0. The van der Waals surface area contributed by atoms with Crippen LogP contribution in [0.4, 0.5) is 4.79 Å². The second-order valence-corrected chi connectivity index (χ2v) is 5.92. The zero-order valence-corrected chi connectivity index (χ0v) is 11.9. The van der Waals surface area contributed by atoms with Crippen LogP contribution in [0.15, 0.2) is 0 Å². The normalized spacial score (nSPS) is 17.0. The lowest BCUT2D eigenvalue weighted by molar-refractivity contribution is 0.0127. The average molecular weight is 251 g/mol. The van der Waals surface area contributed by atoms with Gasteiger partial charge in [-0.1, -0.05) is 19.3 Å². The monoisotopic (exact) mass is 251 g/mol. The van der Waals surface area contributed by atoms with Gasteiger partial charge in [0.2, 0.25) is 0 Å². The lowest BCUT2D eigenvalue weighted by Gasteiger charge is -2.35. The molecule has 1 aliphatic carbocycles. The molecule has 0 atom stereocenters. The molecule has 0 aromatic carbocycles. The molecule has 0 heterocycles. The lowest BCUT2D eigenvalue weighted by atomic mass is 9.94. The highest BCUT2D eigenvalue weighted by molar-refractivity contribution is 5.68. The average Bonchev–Trinajstić information content (AvgIpc) is 2.28. The first-order valence-electron chi connectivity index (χ1n) is 6.87. The Kier molecular flexibility index (Phi) is 5.53. The van der Waals surface area contributed by atoms with E-state index in [9.17, 15) is 4.79 Å². The molecule has 3 heteroatoms. The summed E-state index contributed by atoms with van der Waals surface area (Å²) < 4.78 is 5.47. The van der Waals surface area contributed by atoms with Crippen LogP contribution >= 0.6 is 0 Å². The van der Waals surface area contributed by atoms with Gasteiger partial charge in [-0.05, 0) is 33.6 Å². The van der Waals surface area contributed by atoms with E-state index in [0.29, 0.717) is 19.0 Å². The highest BCUT2D eigenvalue weighted by Crippen LogP contribution is 2.24. The third kappa shape index (κ3) is 5.00. The third-order valence-electron chi connectivity index (χ3n) is 3.14. The van der Waals surface area contributed by atoms with E-state index in [1.54, 1.807) is 0 Å². The van der Waals surface area contributed by atoms with Crippen molar-refractivity contribution in [3.8, 4) is 12.3 Å². The Morgan fingerprint density at radius 3 is 2.44 bits per heavy atom. The van der Waals surface area contributed by atoms with Crippen molar-refractivity contribution in [2.24, 2.45) is 0 Å². The molecule has 0 bridgehead atoms. The van der Waals surface area contributed by atoms with Crippen molar-refractivity contribution in [2.45, 2.75) is 70.9 Å². The summed E-state index contributed by atoms with van der Waals surface area (Å²) in [6, 6.07) is 0.307. The fraction of sp³-hybridized carbons (Fsp3) is 0.800. The van der Waals surface area contributed by atoms with Gasteiger partial charge in [0.1, 0.15) is 5.60 Å². The molecule has 1 amide bonds. The van der Waals surface area contributed by atoms with Crippen molar-refractivity contribution in [3.05, 3.63) is 0 Å². The first-order chi connectivity index (χ1) is 8.44. The van der Waals surface area contributed by atoms with Gasteiger partial charge in [0.25, 0.3) is 0 Å². The molecule has 1 aliphatic rings. The number of nitrogens with zero attached hydrogens (tertiary/aromatic N) is 1. The lowest BCUT2D eigenvalue weighted by Crippen LogP contribution is -2.44. The molecular weight excluding hydrogens is 226 g/mol. The van der Waals surface area contributed by atoms with Gasteiger partial charge in [0, 0.05) is 19.0 Å². The predicted octanol–water partition coefficient (Wildman–Crippen LogP) is 3.58. The van der Waals surface area contributed by atoms with Gasteiger partial charge < -0.3 is 9.64 Å². The number of terminal acetylenes is 1. The summed E-state index contributed by atoms with van der Waals surface area (Å²) in [7, 11) is 0. The predicted molar refractivity (Wildman–Crippen MR) is 73.3 cm³/mol. The van der Waals surface area contributed by atoms with Crippen molar-refractivity contribution in [1.29, 1.82) is 0 Å². The minimum absolute atomic E-state index is 0.218. The molecule has 3 nitrogen and oxygen atoms in total. The molecule has 0 radical (unpaired) electrons. The van der Waals surface area contributed by atoms with Crippen LogP contribution in [-0.4, -0.2) is 29.2 Å². The summed E-state index contributed by atoms with van der Waals surface area (Å²) in [6.45, 7) is 6.29. The highest BCUT2D eigenvalue weighted by atomic mass is 16.6. The van der Waals surface area contributed by atoms with Crippen molar-refractivity contribution in [3.63, 3.8) is 0 Å². The van der Waals surface area contributed by atoms with Crippen LogP contribution in [0.1, 0.15) is 59.3 Å². The fourth-order valence-corrected chi connectivity index (χ4v) is 2.32. The Morgan fingerprint density at radius 1 is 1.33 bits per heavy atom. The van der Waals surface area contributed by atoms with Gasteiger partial charge in [-0.3, -0.25) is 0 Å². The minimum atomic E-state index is -0.444.